The van der Waals surface area contributed by atoms with Crippen LogP contribution in [0.4, 0.5) is 0 Å². The van der Waals surface area contributed by atoms with Crippen molar-refractivity contribution >= 4 is 17.2 Å². The second-order valence-electron chi connectivity index (χ2n) is 6.34. The Morgan fingerprint density at radius 3 is 2.91 bits per heavy atom. The summed E-state index contributed by atoms with van der Waals surface area (Å²) in [6, 6.07) is 10.8. The third-order valence-electron chi connectivity index (χ3n) is 5.10. The zero-order valence-electron chi connectivity index (χ0n) is 13.1. The molecule has 23 heavy (non-hydrogen) atoms. The molecule has 3 atom stereocenters. The SMILES string of the molecule is Cc1ncsc1C(=O)N1C[C@H](c2ccccc2)[C@H]2COCC[C@@H]21. The fourth-order valence-corrected chi connectivity index (χ4v) is 4.68. The van der Waals surface area contributed by atoms with Crippen molar-refractivity contribution in [3.63, 3.8) is 0 Å². The predicted molar refractivity (Wildman–Crippen MR) is 89.8 cm³/mol. The third-order valence-corrected chi connectivity index (χ3v) is 6.02. The molecule has 120 valence electrons. The molecule has 2 aromatic rings. The third kappa shape index (κ3) is 2.58. The van der Waals surface area contributed by atoms with E-state index in [0.29, 0.717) is 11.8 Å². The topological polar surface area (TPSA) is 42.4 Å². The van der Waals surface area contributed by atoms with Crippen molar-refractivity contribution in [3.05, 3.63) is 52.0 Å². The second-order valence-corrected chi connectivity index (χ2v) is 7.19. The maximum atomic E-state index is 13.0. The number of carbonyl (C=O) groups excluding carboxylic acids is 1. The average Bonchev–Trinajstić information content (AvgIpc) is 3.19. The van der Waals surface area contributed by atoms with Gasteiger partial charge in [0, 0.05) is 31.0 Å². The van der Waals surface area contributed by atoms with Crippen LogP contribution in [0.5, 0.6) is 0 Å². The summed E-state index contributed by atoms with van der Waals surface area (Å²) in [5.41, 5.74) is 3.91. The van der Waals surface area contributed by atoms with Crippen LogP contribution >= 0.6 is 11.3 Å². The van der Waals surface area contributed by atoms with Crippen LogP contribution in [0.2, 0.25) is 0 Å². The Labute approximate surface area is 140 Å². The maximum Gasteiger partial charge on any atom is 0.266 e. The van der Waals surface area contributed by atoms with Crippen LogP contribution in [0.1, 0.15) is 33.3 Å². The molecule has 2 aliphatic heterocycles. The van der Waals surface area contributed by atoms with E-state index < -0.39 is 0 Å². The molecule has 0 spiro atoms. The van der Waals surface area contributed by atoms with E-state index in [1.807, 2.05) is 13.0 Å². The number of hydrogen-bond donors (Lipinski definition) is 0. The Morgan fingerprint density at radius 2 is 2.17 bits per heavy atom. The van der Waals surface area contributed by atoms with Crippen molar-refractivity contribution in [3.8, 4) is 0 Å². The highest BCUT2D eigenvalue weighted by atomic mass is 32.1. The van der Waals surface area contributed by atoms with Crippen LogP contribution < -0.4 is 0 Å². The summed E-state index contributed by atoms with van der Waals surface area (Å²) >= 11 is 1.45. The fraction of sp³-hybridized carbons (Fsp3) is 0.444. The molecule has 1 amide bonds. The van der Waals surface area contributed by atoms with Crippen LogP contribution in [0.3, 0.4) is 0 Å². The first-order valence-electron chi connectivity index (χ1n) is 8.09. The summed E-state index contributed by atoms with van der Waals surface area (Å²) < 4.78 is 5.73. The molecule has 0 N–H and O–H groups in total. The van der Waals surface area contributed by atoms with Crippen LogP contribution in [-0.2, 0) is 4.74 Å². The van der Waals surface area contributed by atoms with E-state index in [-0.39, 0.29) is 11.9 Å². The lowest BCUT2D eigenvalue weighted by Crippen LogP contribution is -2.42. The van der Waals surface area contributed by atoms with Gasteiger partial charge in [0.15, 0.2) is 0 Å². The first-order chi connectivity index (χ1) is 11.3. The molecule has 1 aromatic carbocycles. The smallest absolute Gasteiger partial charge is 0.266 e. The molecule has 0 bridgehead atoms. The van der Waals surface area contributed by atoms with Gasteiger partial charge in [-0.1, -0.05) is 30.3 Å². The van der Waals surface area contributed by atoms with Crippen molar-refractivity contribution < 1.29 is 9.53 Å². The molecule has 0 unspecified atom stereocenters. The molecule has 4 nitrogen and oxygen atoms in total. The normalized spacial score (nSPS) is 27.0. The number of likely N-dealkylation sites (tertiary alicyclic amines) is 1. The largest absolute Gasteiger partial charge is 0.381 e. The van der Waals surface area contributed by atoms with Crippen LogP contribution in [-0.4, -0.2) is 41.6 Å². The highest BCUT2D eigenvalue weighted by Gasteiger charge is 2.46. The van der Waals surface area contributed by atoms with E-state index in [9.17, 15) is 4.79 Å². The molecule has 0 saturated carbocycles. The summed E-state index contributed by atoms with van der Waals surface area (Å²) in [7, 11) is 0. The Bertz CT molecular complexity index is 700. The molecule has 1 aromatic heterocycles. The number of aromatic nitrogens is 1. The summed E-state index contributed by atoms with van der Waals surface area (Å²) in [6.07, 6.45) is 0.928. The number of rotatable bonds is 2. The highest BCUT2D eigenvalue weighted by Crippen LogP contribution is 2.41. The van der Waals surface area contributed by atoms with Crippen molar-refractivity contribution in [1.82, 2.24) is 9.88 Å². The number of ether oxygens (including phenoxy) is 1. The van der Waals surface area contributed by atoms with E-state index in [0.717, 1.165) is 36.8 Å². The molecule has 2 fully saturated rings. The monoisotopic (exact) mass is 328 g/mol. The minimum absolute atomic E-state index is 0.139. The Balaban J connectivity index is 1.66. The number of thiazole rings is 1. The van der Waals surface area contributed by atoms with Crippen LogP contribution in [0, 0.1) is 12.8 Å². The van der Waals surface area contributed by atoms with Crippen molar-refractivity contribution in [2.75, 3.05) is 19.8 Å². The van der Waals surface area contributed by atoms with E-state index in [2.05, 4.69) is 34.1 Å². The molecule has 5 heteroatoms. The molecular weight excluding hydrogens is 308 g/mol. The number of amides is 1. The zero-order valence-corrected chi connectivity index (χ0v) is 14.0. The molecule has 2 saturated heterocycles. The summed E-state index contributed by atoms with van der Waals surface area (Å²) in [6.45, 7) is 4.18. The number of aryl methyl sites for hydroxylation is 1. The first kappa shape index (κ1) is 14.8. The van der Waals surface area contributed by atoms with Gasteiger partial charge in [0.05, 0.1) is 17.8 Å². The van der Waals surface area contributed by atoms with Gasteiger partial charge in [-0.15, -0.1) is 11.3 Å². The van der Waals surface area contributed by atoms with Gasteiger partial charge in [0.25, 0.3) is 5.91 Å². The molecule has 0 radical (unpaired) electrons. The van der Waals surface area contributed by atoms with Crippen LogP contribution in [0.25, 0.3) is 0 Å². The van der Waals surface area contributed by atoms with Gasteiger partial charge in [-0.25, -0.2) is 4.98 Å². The lowest BCUT2D eigenvalue weighted by Gasteiger charge is -2.32. The molecule has 3 heterocycles. The Kier molecular flexibility index (Phi) is 3.91. The van der Waals surface area contributed by atoms with Crippen molar-refractivity contribution in [1.29, 1.82) is 0 Å². The maximum absolute atomic E-state index is 13.0. The van der Waals surface area contributed by atoms with Gasteiger partial charge in [0.2, 0.25) is 0 Å². The minimum Gasteiger partial charge on any atom is -0.381 e. The number of hydrogen-bond acceptors (Lipinski definition) is 4. The van der Waals surface area contributed by atoms with Gasteiger partial charge in [0.1, 0.15) is 4.88 Å². The Hall–Kier alpha value is -1.72. The van der Waals surface area contributed by atoms with Crippen molar-refractivity contribution in [2.24, 2.45) is 5.92 Å². The Morgan fingerprint density at radius 1 is 1.35 bits per heavy atom. The summed E-state index contributed by atoms with van der Waals surface area (Å²) in [5, 5.41) is 0. The van der Waals surface area contributed by atoms with E-state index >= 15 is 0 Å². The average molecular weight is 328 g/mol. The van der Waals surface area contributed by atoms with Gasteiger partial charge in [-0.05, 0) is 18.9 Å². The number of carbonyl (C=O) groups is 1. The van der Waals surface area contributed by atoms with E-state index in [4.69, 9.17) is 4.74 Å². The highest BCUT2D eigenvalue weighted by molar-refractivity contribution is 7.11. The molecule has 0 aliphatic carbocycles. The molecule has 2 aliphatic rings. The van der Waals surface area contributed by atoms with E-state index in [1.165, 1.54) is 16.9 Å². The lowest BCUT2D eigenvalue weighted by atomic mass is 9.84. The lowest BCUT2D eigenvalue weighted by molar-refractivity contribution is 0.0190. The van der Waals surface area contributed by atoms with Gasteiger partial charge in [-0.2, -0.15) is 0 Å². The first-order valence-corrected chi connectivity index (χ1v) is 8.97. The minimum atomic E-state index is 0.139. The van der Waals surface area contributed by atoms with E-state index in [1.54, 1.807) is 5.51 Å². The standard InChI is InChI=1S/C18H20N2O2S/c1-12-17(23-11-19-12)18(21)20-9-14(13-5-3-2-4-6-13)15-10-22-8-7-16(15)20/h2-6,11,14-16H,7-10H2,1H3/t14-,15-,16+/m1/s1. The summed E-state index contributed by atoms with van der Waals surface area (Å²) in [5.74, 6) is 0.891. The van der Waals surface area contributed by atoms with Gasteiger partial charge >= 0.3 is 0 Å². The van der Waals surface area contributed by atoms with Gasteiger partial charge in [-0.3, -0.25) is 4.79 Å². The summed E-state index contributed by atoms with van der Waals surface area (Å²) in [4.78, 5) is 20.1. The number of nitrogens with zero attached hydrogens (tertiary/aromatic N) is 2. The van der Waals surface area contributed by atoms with Crippen LogP contribution in [0.15, 0.2) is 35.8 Å². The van der Waals surface area contributed by atoms with Gasteiger partial charge < -0.3 is 9.64 Å². The molecular formula is C18H20N2O2S. The van der Waals surface area contributed by atoms with Crippen molar-refractivity contribution in [2.45, 2.75) is 25.3 Å². The predicted octanol–water partition coefficient (Wildman–Crippen LogP) is 3.10. The number of benzene rings is 1. The fourth-order valence-electron chi connectivity index (χ4n) is 3.93. The second kappa shape index (κ2) is 6.06. The molecule has 4 rings (SSSR count). The number of fused-ring (bicyclic) bond motifs is 1. The quantitative estimate of drug-likeness (QED) is 0.851. The zero-order chi connectivity index (χ0) is 15.8.